The van der Waals surface area contributed by atoms with Gasteiger partial charge in [0.05, 0.1) is 0 Å². The molecule has 2 saturated heterocycles. The van der Waals surface area contributed by atoms with Crippen LogP contribution >= 0.6 is 0 Å². The summed E-state index contributed by atoms with van der Waals surface area (Å²) in [5.74, 6) is -2.73. The Balaban J connectivity index is 0.00000624. The van der Waals surface area contributed by atoms with Gasteiger partial charge >= 0.3 is 11.9 Å². The van der Waals surface area contributed by atoms with Gasteiger partial charge in [0.25, 0.3) is 11.8 Å². The Morgan fingerprint density at radius 2 is 0.859 bits per heavy atom. The molecule has 2 fully saturated rings. The number of hydroxylamine groups is 4. The van der Waals surface area contributed by atoms with Gasteiger partial charge in [-0.2, -0.15) is 10.1 Å². The number of carbonyl (C=O) groups excluding carboxylic acids is 4. The molecule has 6 aliphatic rings. The molecule has 17 nitrogen and oxygen atoms in total. The second kappa shape index (κ2) is 22.5. The van der Waals surface area contributed by atoms with E-state index in [1.54, 1.807) is 36.4 Å². The standard InChI is InChI=1S/C54H62N4O12.H2O/c59-49(29-35-25-37-9-1-2-10-38(37)26-35)57(43(33-55-17-5-6-18-55)51(61)41-13-15-45-47(31-41)67-23-21-65-45)69-53(63)54(64)70-58(50(60)30-36-27-39-11-3-4-12-40(39)28-36)44(34-56-19-7-8-20-56)52(62)42-14-16-46-48(32-42)68-24-22-66-46;/h1-4,9-16,31-32,35-36,43-44,51-52,61-62H,5-8,17-30,33-34H2;1H2/t43-,44-,51-,52-;/m1./s1. The largest absolute Gasteiger partial charge is 0.486 e. The highest BCUT2D eigenvalue weighted by Crippen LogP contribution is 2.38. The molecule has 4 heterocycles. The molecule has 4 aromatic carbocycles. The fourth-order valence-corrected chi connectivity index (χ4v) is 11.1. The SMILES string of the molecule is O.O=C(ON(C(=O)CC1Cc2ccccc2C1)[C@H](CN1CCCC1)[C@H](O)c1ccc2c(c1)OCCO2)C(=O)ON(C(=O)CC1Cc2ccccc2C1)[C@H](CN1CCCC1)[C@H](O)c1ccc2c(c1)OCCO2. The number of hydrogen-bond acceptors (Lipinski definition) is 14. The molecule has 0 radical (unpaired) electrons. The second-order valence-corrected chi connectivity index (χ2v) is 19.5. The number of fused-ring (bicyclic) bond motifs is 4. The van der Waals surface area contributed by atoms with Gasteiger partial charge in [0, 0.05) is 25.9 Å². The Hall–Kier alpha value is -6.24. The molecule has 2 aliphatic carbocycles. The van der Waals surface area contributed by atoms with Crippen molar-refractivity contribution in [2.45, 2.75) is 88.5 Å². The predicted octanol–water partition coefficient (Wildman–Crippen LogP) is 4.28. The van der Waals surface area contributed by atoms with Crippen molar-refractivity contribution < 1.29 is 63.5 Å². The molecule has 378 valence electrons. The fourth-order valence-electron chi connectivity index (χ4n) is 11.1. The van der Waals surface area contributed by atoms with Crippen LogP contribution in [0.1, 0.15) is 84.1 Å². The Labute approximate surface area is 413 Å². The topological polar surface area (TPSA) is 209 Å². The summed E-state index contributed by atoms with van der Waals surface area (Å²) in [6, 6.07) is 23.7. The third kappa shape index (κ3) is 11.4. The highest BCUT2D eigenvalue weighted by Gasteiger charge is 2.43. The average molecular weight is 977 g/mol. The lowest BCUT2D eigenvalue weighted by Crippen LogP contribution is -2.53. The van der Waals surface area contributed by atoms with Crippen LogP contribution in [0.15, 0.2) is 84.9 Å². The van der Waals surface area contributed by atoms with Crippen molar-refractivity contribution in [3.63, 3.8) is 0 Å². The van der Waals surface area contributed by atoms with Crippen molar-refractivity contribution in [1.82, 2.24) is 19.9 Å². The first-order valence-corrected chi connectivity index (χ1v) is 25.0. The monoisotopic (exact) mass is 976 g/mol. The molecule has 10 rings (SSSR count). The van der Waals surface area contributed by atoms with Crippen LogP contribution in [-0.4, -0.2) is 137 Å². The number of amides is 2. The van der Waals surface area contributed by atoms with E-state index >= 15 is 0 Å². The molecule has 2 amide bonds. The molecule has 0 bridgehead atoms. The Bertz CT molecular complexity index is 2320. The third-order valence-corrected chi connectivity index (χ3v) is 14.7. The molecular weight excluding hydrogens is 913 g/mol. The number of likely N-dealkylation sites (tertiary alicyclic amines) is 2. The van der Waals surface area contributed by atoms with E-state index in [1.165, 1.54) is 0 Å². The Morgan fingerprint density at radius 3 is 1.21 bits per heavy atom. The summed E-state index contributed by atoms with van der Waals surface area (Å²) in [5, 5.41) is 26.4. The van der Waals surface area contributed by atoms with Crippen LogP contribution in [0.4, 0.5) is 0 Å². The fraction of sp³-hybridized carbons (Fsp3) is 0.481. The van der Waals surface area contributed by atoms with Crippen molar-refractivity contribution in [1.29, 1.82) is 0 Å². The van der Waals surface area contributed by atoms with Crippen LogP contribution in [0, 0.1) is 11.8 Å². The summed E-state index contributed by atoms with van der Waals surface area (Å²) < 4.78 is 23.2. The Kier molecular flexibility index (Phi) is 15.7. The lowest BCUT2D eigenvalue weighted by molar-refractivity contribution is -0.236. The second-order valence-electron chi connectivity index (χ2n) is 19.5. The molecule has 0 spiro atoms. The van der Waals surface area contributed by atoms with Crippen molar-refractivity contribution in [3.8, 4) is 23.0 Å². The normalized spacial score (nSPS) is 19.1. The number of nitrogens with zero attached hydrogens (tertiary/aromatic N) is 4. The molecule has 0 saturated carbocycles. The van der Waals surface area contributed by atoms with Gasteiger partial charge in [0.2, 0.25) is 0 Å². The third-order valence-electron chi connectivity index (χ3n) is 14.7. The van der Waals surface area contributed by atoms with Crippen molar-refractivity contribution in [3.05, 3.63) is 118 Å². The highest BCUT2D eigenvalue weighted by atomic mass is 16.8. The zero-order valence-corrected chi connectivity index (χ0v) is 40.0. The summed E-state index contributed by atoms with van der Waals surface area (Å²) in [4.78, 5) is 74.8. The van der Waals surface area contributed by atoms with Crippen molar-refractivity contribution in [2.24, 2.45) is 11.8 Å². The van der Waals surface area contributed by atoms with Crippen LogP contribution in [0.2, 0.25) is 0 Å². The van der Waals surface area contributed by atoms with E-state index in [-0.39, 0.29) is 43.2 Å². The van der Waals surface area contributed by atoms with Crippen molar-refractivity contribution in [2.75, 3.05) is 65.7 Å². The van der Waals surface area contributed by atoms with E-state index in [4.69, 9.17) is 28.6 Å². The van der Waals surface area contributed by atoms with Gasteiger partial charge in [-0.3, -0.25) is 9.59 Å². The number of carbonyl (C=O) groups is 4. The molecule has 17 heteroatoms. The average Bonchev–Trinajstić information content (AvgIpc) is 4.24. The number of ether oxygens (including phenoxy) is 4. The van der Waals surface area contributed by atoms with Gasteiger partial charge in [-0.15, -0.1) is 0 Å². The van der Waals surface area contributed by atoms with E-state index in [9.17, 15) is 29.4 Å². The van der Waals surface area contributed by atoms with Gasteiger partial charge in [-0.05, 0) is 147 Å². The zero-order valence-electron chi connectivity index (χ0n) is 40.0. The highest BCUT2D eigenvalue weighted by molar-refractivity contribution is 6.29. The van der Waals surface area contributed by atoms with Crippen LogP contribution in [-0.2, 0) is 54.5 Å². The van der Waals surface area contributed by atoms with Crippen LogP contribution in [0.3, 0.4) is 0 Å². The quantitative estimate of drug-likeness (QED) is 0.134. The first-order chi connectivity index (χ1) is 34.1. The summed E-state index contributed by atoms with van der Waals surface area (Å²) in [6.07, 6.45) is 3.20. The van der Waals surface area contributed by atoms with Gasteiger partial charge in [0.15, 0.2) is 23.0 Å². The van der Waals surface area contributed by atoms with E-state index in [0.717, 1.165) is 58.1 Å². The Morgan fingerprint density at radius 1 is 0.521 bits per heavy atom. The van der Waals surface area contributed by atoms with E-state index in [2.05, 4.69) is 9.80 Å². The molecule has 0 aromatic heterocycles. The lowest BCUT2D eigenvalue weighted by atomic mass is 9.98. The van der Waals surface area contributed by atoms with Gasteiger partial charge in [-0.1, -0.05) is 60.7 Å². The van der Waals surface area contributed by atoms with Gasteiger partial charge in [0.1, 0.15) is 50.7 Å². The molecule has 0 unspecified atom stereocenters. The van der Waals surface area contributed by atoms with Gasteiger partial charge in [-0.25, -0.2) is 9.59 Å². The van der Waals surface area contributed by atoms with Crippen LogP contribution < -0.4 is 18.9 Å². The first-order valence-electron chi connectivity index (χ1n) is 25.0. The molecule has 71 heavy (non-hydrogen) atoms. The van der Waals surface area contributed by atoms with Crippen molar-refractivity contribution >= 4 is 23.8 Å². The minimum atomic E-state index is -1.57. The molecule has 4 aromatic rings. The first kappa shape index (κ1) is 49.7. The van der Waals surface area contributed by atoms with E-state index in [0.29, 0.717) is 112 Å². The summed E-state index contributed by atoms with van der Waals surface area (Å²) in [7, 11) is 0. The number of aliphatic hydroxyl groups is 2. The minimum absolute atomic E-state index is 0. The molecule has 4 N–H and O–H groups in total. The zero-order chi connectivity index (χ0) is 48.1. The number of benzene rings is 4. The van der Waals surface area contributed by atoms with Crippen LogP contribution in [0.25, 0.3) is 0 Å². The molecular formula is C54H64N4O13. The molecule has 4 atom stereocenters. The number of rotatable bonds is 14. The molecule has 4 aliphatic heterocycles. The van der Waals surface area contributed by atoms with E-state index in [1.807, 2.05) is 48.5 Å². The van der Waals surface area contributed by atoms with Gasteiger partial charge < -0.3 is 54.1 Å². The minimum Gasteiger partial charge on any atom is -0.486 e. The number of aliphatic hydroxyl groups excluding tert-OH is 2. The smallest absolute Gasteiger partial charge is 0.444 e. The summed E-state index contributed by atoms with van der Waals surface area (Å²) in [5.41, 5.74) is 5.30. The van der Waals surface area contributed by atoms with Crippen LogP contribution in [0.5, 0.6) is 23.0 Å². The summed E-state index contributed by atoms with van der Waals surface area (Å²) >= 11 is 0. The maximum atomic E-state index is 14.9. The van der Waals surface area contributed by atoms with E-state index < -0.39 is 48.0 Å². The predicted molar refractivity (Wildman–Crippen MR) is 257 cm³/mol. The summed E-state index contributed by atoms with van der Waals surface area (Å²) in [6.45, 7) is 4.37. The lowest BCUT2D eigenvalue weighted by Gasteiger charge is -2.37. The maximum absolute atomic E-state index is 14.9. The number of hydrogen-bond donors (Lipinski definition) is 2. The maximum Gasteiger partial charge on any atom is 0.444 e.